The summed E-state index contributed by atoms with van der Waals surface area (Å²) in [4.78, 5) is 2.55. The van der Waals surface area contributed by atoms with E-state index in [4.69, 9.17) is 4.74 Å². The van der Waals surface area contributed by atoms with E-state index in [1.807, 2.05) is 6.92 Å². The van der Waals surface area contributed by atoms with E-state index < -0.39 is 0 Å². The molecule has 3 nitrogen and oxygen atoms in total. The molecule has 1 fully saturated rings. The number of likely N-dealkylation sites (N-methyl/N-ethyl adjacent to an activating group) is 1. The highest BCUT2D eigenvalue weighted by Crippen LogP contribution is 2.29. The molecule has 1 saturated carbocycles. The summed E-state index contributed by atoms with van der Waals surface area (Å²) in [5.41, 5.74) is 0. The van der Waals surface area contributed by atoms with Gasteiger partial charge in [0.05, 0.1) is 6.61 Å². The summed E-state index contributed by atoms with van der Waals surface area (Å²) >= 11 is 0. The lowest BCUT2D eigenvalue weighted by Crippen LogP contribution is -2.34. The van der Waals surface area contributed by atoms with Crippen LogP contribution in [0.1, 0.15) is 26.7 Å². The third-order valence-electron chi connectivity index (χ3n) is 2.89. The van der Waals surface area contributed by atoms with Gasteiger partial charge < -0.3 is 15.0 Å². The molecule has 0 saturated heterocycles. The Labute approximate surface area is 94.2 Å². The number of rotatable bonds is 10. The fraction of sp³-hybridized carbons (Fsp3) is 1.00. The van der Waals surface area contributed by atoms with Crippen LogP contribution in [0.15, 0.2) is 0 Å². The van der Waals surface area contributed by atoms with Crippen LogP contribution in [-0.4, -0.2) is 50.8 Å². The van der Waals surface area contributed by atoms with E-state index in [1.165, 1.54) is 32.5 Å². The topological polar surface area (TPSA) is 24.5 Å². The Morgan fingerprint density at radius 2 is 2.07 bits per heavy atom. The van der Waals surface area contributed by atoms with Gasteiger partial charge in [-0.3, -0.25) is 0 Å². The van der Waals surface area contributed by atoms with Gasteiger partial charge in [0.15, 0.2) is 0 Å². The van der Waals surface area contributed by atoms with Gasteiger partial charge in [0.25, 0.3) is 0 Å². The molecule has 90 valence electrons. The second-order valence-corrected chi connectivity index (χ2v) is 4.28. The Hall–Kier alpha value is -0.120. The smallest absolute Gasteiger partial charge is 0.0590 e. The minimum absolute atomic E-state index is 0.824. The SMILES string of the molecule is CCOCCNCCN(CC)CC1CC1. The number of ether oxygens (including phenoxy) is 1. The zero-order valence-corrected chi connectivity index (χ0v) is 10.3. The molecule has 0 aliphatic heterocycles. The van der Waals surface area contributed by atoms with E-state index >= 15 is 0 Å². The molecule has 3 heteroatoms. The molecule has 0 aromatic rings. The van der Waals surface area contributed by atoms with Crippen molar-refractivity contribution < 1.29 is 4.74 Å². The van der Waals surface area contributed by atoms with Gasteiger partial charge in [-0.15, -0.1) is 0 Å². The summed E-state index contributed by atoms with van der Waals surface area (Å²) in [5.74, 6) is 1.01. The van der Waals surface area contributed by atoms with Crippen LogP contribution in [0.4, 0.5) is 0 Å². The summed E-state index contributed by atoms with van der Waals surface area (Å²) in [7, 11) is 0. The second-order valence-electron chi connectivity index (χ2n) is 4.28. The first-order valence-corrected chi connectivity index (χ1v) is 6.37. The molecule has 0 bridgehead atoms. The maximum atomic E-state index is 5.27. The molecule has 0 aromatic carbocycles. The van der Waals surface area contributed by atoms with E-state index in [0.717, 1.165) is 32.2 Å². The molecule has 0 aromatic heterocycles. The highest BCUT2D eigenvalue weighted by Gasteiger charge is 2.23. The molecule has 0 heterocycles. The predicted molar refractivity (Wildman–Crippen MR) is 64.2 cm³/mol. The molecule has 0 spiro atoms. The standard InChI is InChI=1S/C12H26N2O/c1-3-14(11-12-5-6-12)9-7-13-8-10-15-4-2/h12-13H,3-11H2,1-2H3. The van der Waals surface area contributed by atoms with E-state index in [2.05, 4.69) is 17.1 Å². The van der Waals surface area contributed by atoms with Crippen molar-refractivity contribution in [1.29, 1.82) is 0 Å². The van der Waals surface area contributed by atoms with E-state index in [-0.39, 0.29) is 0 Å². The van der Waals surface area contributed by atoms with E-state index in [0.29, 0.717) is 0 Å². The Balaban J connectivity index is 1.87. The fourth-order valence-electron chi connectivity index (χ4n) is 1.69. The summed E-state index contributed by atoms with van der Waals surface area (Å²) < 4.78 is 5.27. The number of nitrogens with one attached hydrogen (secondary N) is 1. The summed E-state index contributed by atoms with van der Waals surface area (Å²) in [5, 5.41) is 3.41. The zero-order chi connectivity index (χ0) is 10.9. The lowest BCUT2D eigenvalue weighted by atomic mass is 10.3. The summed E-state index contributed by atoms with van der Waals surface area (Å²) in [6.07, 6.45) is 2.91. The zero-order valence-electron chi connectivity index (χ0n) is 10.3. The molecule has 1 N–H and O–H groups in total. The van der Waals surface area contributed by atoms with Gasteiger partial charge in [0.1, 0.15) is 0 Å². The van der Waals surface area contributed by atoms with Crippen molar-refractivity contribution >= 4 is 0 Å². The first-order chi connectivity index (χ1) is 7.36. The molecular formula is C12H26N2O. The van der Waals surface area contributed by atoms with Crippen LogP contribution in [0.25, 0.3) is 0 Å². The third kappa shape index (κ3) is 6.88. The van der Waals surface area contributed by atoms with Crippen molar-refractivity contribution in [2.75, 3.05) is 45.9 Å². The average molecular weight is 214 g/mol. The largest absolute Gasteiger partial charge is 0.380 e. The van der Waals surface area contributed by atoms with Crippen molar-refractivity contribution in [2.24, 2.45) is 5.92 Å². The van der Waals surface area contributed by atoms with Crippen LogP contribution in [0, 0.1) is 5.92 Å². The minimum Gasteiger partial charge on any atom is -0.380 e. The summed E-state index contributed by atoms with van der Waals surface area (Å²) in [6, 6.07) is 0. The molecule has 0 unspecified atom stereocenters. The lowest BCUT2D eigenvalue weighted by molar-refractivity contribution is 0.148. The average Bonchev–Trinajstić information content (AvgIpc) is 3.05. The molecule has 0 amide bonds. The van der Waals surface area contributed by atoms with Crippen LogP contribution in [0.2, 0.25) is 0 Å². The molecule has 0 radical (unpaired) electrons. The maximum Gasteiger partial charge on any atom is 0.0590 e. The van der Waals surface area contributed by atoms with Crippen molar-refractivity contribution in [3.63, 3.8) is 0 Å². The van der Waals surface area contributed by atoms with Crippen LogP contribution in [0.3, 0.4) is 0 Å². The monoisotopic (exact) mass is 214 g/mol. The molecule has 1 aliphatic rings. The van der Waals surface area contributed by atoms with Crippen LogP contribution < -0.4 is 5.32 Å². The Kier molecular flexibility index (Phi) is 6.98. The molecule has 1 rings (SSSR count). The van der Waals surface area contributed by atoms with Crippen molar-refractivity contribution in [3.8, 4) is 0 Å². The summed E-state index contributed by atoms with van der Waals surface area (Å²) in [6.45, 7) is 11.7. The van der Waals surface area contributed by atoms with Crippen LogP contribution in [0.5, 0.6) is 0 Å². The van der Waals surface area contributed by atoms with Crippen LogP contribution >= 0.6 is 0 Å². The number of hydrogen-bond acceptors (Lipinski definition) is 3. The van der Waals surface area contributed by atoms with Gasteiger partial charge in [-0.1, -0.05) is 6.92 Å². The Morgan fingerprint density at radius 1 is 1.27 bits per heavy atom. The predicted octanol–water partition coefficient (Wildman–Crippen LogP) is 1.34. The first kappa shape index (κ1) is 12.9. The molecule has 15 heavy (non-hydrogen) atoms. The highest BCUT2D eigenvalue weighted by molar-refractivity contribution is 4.77. The molecule has 1 aliphatic carbocycles. The van der Waals surface area contributed by atoms with E-state index in [9.17, 15) is 0 Å². The van der Waals surface area contributed by atoms with Crippen molar-refractivity contribution in [3.05, 3.63) is 0 Å². The molecular weight excluding hydrogens is 188 g/mol. The Morgan fingerprint density at radius 3 is 2.67 bits per heavy atom. The maximum absolute atomic E-state index is 5.27. The Bertz CT molecular complexity index is 149. The second kappa shape index (κ2) is 8.08. The van der Waals surface area contributed by atoms with E-state index in [1.54, 1.807) is 0 Å². The van der Waals surface area contributed by atoms with Gasteiger partial charge in [-0.25, -0.2) is 0 Å². The van der Waals surface area contributed by atoms with Crippen LogP contribution in [-0.2, 0) is 4.74 Å². The van der Waals surface area contributed by atoms with Gasteiger partial charge in [0.2, 0.25) is 0 Å². The molecule has 0 atom stereocenters. The normalized spacial score (nSPS) is 16.2. The number of hydrogen-bond donors (Lipinski definition) is 1. The van der Waals surface area contributed by atoms with Gasteiger partial charge in [-0.05, 0) is 32.2 Å². The first-order valence-electron chi connectivity index (χ1n) is 6.37. The quantitative estimate of drug-likeness (QED) is 0.556. The van der Waals surface area contributed by atoms with Crippen molar-refractivity contribution in [1.82, 2.24) is 10.2 Å². The number of nitrogens with zero attached hydrogens (tertiary/aromatic N) is 1. The van der Waals surface area contributed by atoms with Gasteiger partial charge in [-0.2, -0.15) is 0 Å². The van der Waals surface area contributed by atoms with Crippen molar-refractivity contribution in [2.45, 2.75) is 26.7 Å². The minimum atomic E-state index is 0.824. The lowest BCUT2D eigenvalue weighted by Gasteiger charge is -2.20. The fourth-order valence-corrected chi connectivity index (χ4v) is 1.69. The van der Waals surface area contributed by atoms with Gasteiger partial charge >= 0.3 is 0 Å². The third-order valence-corrected chi connectivity index (χ3v) is 2.89. The van der Waals surface area contributed by atoms with Gasteiger partial charge in [0, 0.05) is 32.8 Å². The highest BCUT2D eigenvalue weighted by atomic mass is 16.5.